The standard InChI is InChI=1S/2C16H28O4.4CH4/c2*1-5-15(3,4)14(18)19-12-9-13(17)20-16(6-2)10-7-8-11-16;;;;/h2*5-12H2,1-4H3;4*1H4. The van der Waals surface area contributed by atoms with Crippen molar-refractivity contribution in [1.82, 2.24) is 0 Å². The van der Waals surface area contributed by atoms with E-state index in [-0.39, 0.29) is 90.8 Å². The molecule has 0 atom stereocenters. The second-order valence-electron chi connectivity index (χ2n) is 12.7. The summed E-state index contributed by atoms with van der Waals surface area (Å²) in [4.78, 5) is 47.2. The van der Waals surface area contributed by atoms with Gasteiger partial charge in [-0.3, -0.25) is 19.2 Å². The zero-order valence-electron chi connectivity index (χ0n) is 26.6. The molecule has 2 aliphatic rings. The normalized spacial score (nSPS) is 16.2. The molecule has 0 aromatic carbocycles. The molecule has 8 heteroatoms. The Morgan fingerprint density at radius 1 is 0.545 bits per heavy atom. The average molecular weight is 633 g/mol. The third-order valence-electron chi connectivity index (χ3n) is 8.93. The van der Waals surface area contributed by atoms with Gasteiger partial charge in [-0.1, -0.05) is 57.4 Å². The second kappa shape index (κ2) is 22.4. The maximum absolute atomic E-state index is 11.9. The summed E-state index contributed by atoms with van der Waals surface area (Å²) in [6.07, 6.45) is 11.8. The van der Waals surface area contributed by atoms with Crippen LogP contribution in [0, 0.1) is 10.8 Å². The Morgan fingerprint density at radius 3 is 1.05 bits per heavy atom. The lowest BCUT2D eigenvalue weighted by molar-refractivity contribution is -0.165. The average Bonchev–Trinajstić information content (AvgIpc) is 3.59. The molecule has 0 aliphatic heterocycles. The maximum Gasteiger partial charge on any atom is 0.311 e. The molecule has 0 bridgehead atoms. The Hall–Kier alpha value is -2.12. The first kappa shape index (κ1) is 48.8. The highest BCUT2D eigenvalue weighted by Gasteiger charge is 2.37. The van der Waals surface area contributed by atoms with E-state index < -0.39 is 10.8 Å². The highest BCUT2D eigenvalue weighted by molar-refractivity contribution is 5.77. The number of esters is 4. The molecule has 8 nitrogen and oxygen atoms in total. The van der Waals surface area contributed by atoms with Crippen molar-refractivity contribution in [2.24, 2.45) is 10.8 Å². The Labute approximate surface area is 272 Å². The number of hydrogen-bond donors (Lipinski definition) is 0. The zero-order chi connectivity index (χ0) is 30.5. The van der Waals surface area contributed by atoms with Crippen molar-refractivity contribution < 1.29 is 38.1 Å². The van der Waals surface area contributed by atoms with Gasteiger partial charge >= 0.3 is 23.9 Å². The van der Waals surface area contributed by atoms with Gasteiger partial charge < -0.3 is 18.9 Å². The first-order valence-corrected chi connectivity index (χ1v) is 15.5. The van der Waals surface area contributed by atoms with Crippen molar-refractivity contribution in [3.8, 4) is 0 Å². The molecule has 0 unspecified atom stereocenters. The lowest BCUT2D eigenvalue weighted by Crippen LogP contribution is -2.32. The molecule has 0 radical (unpaired) electrons. The monoisotopic (exact) mass is 633 g/mol. The molecule has 0 N–H and O–H groups in total. The van der Waals surface area contributed by atoms with Gasteiger partial charge in [-0.25, -0.2) is 0 Å². The van der Waals surface area contributed by atoms with Crippen LogP contribution in [0.1, 0.15) is 175 Å². The minimum atomic E-state index is -0.486. The van der Waals surface area contributed by atoms with Gasteiger partial charge in [0, 0.05) is 0 Å². The van der Waals surface area contributed by atoms with E-state index in [4.69, 9.17) is 18.9 Å². The van der Waals surface area contributed by atoms with Crippen LogP contribution in [0.3, 0.4) is 0 Å². The van der Waals surface area contributed by atoms with Crippen LogP contribution >= 0.6 is 0 Å². The first-order chi connectivity index (χ1) is 18.7. The molecule has 0 amide bonds. The van der Waals surface area contributed by atoms with E-state index >= 15 is 0 Å². The van der Waals surface area contributed by atoms with Crippen molar-refractivity contribution in [2.45, 2.75) is 186 Å². The lowest BCUT2D eigenvalue weighted by atomic mass is 9.91. The second-order valence-corrected chi connectivity index (χ2v) is 12.7. The Morgan fingerprint density at radius 2 is 0.818 bits per heavy atom. The van der Waals surface area contributed by atoms with Crippen molar-refractivity contribution in [1.29, 1.82) is 0 Å². The summed E-state index contributed by atoms with van der Waals surface area (Å²) in [7, 11) is 0. The minimum Gasteiger partial charge on any atom is -0.465 e. The molecule has 264 valence electrons. The minimum absolute atomic E-state index is 0. The van der Waals surface area contributed by atoms with Crippen LogP contribution in [0.4, 0.5) is 0 Å². The quantitative estimate of drug-likeness (QED) is 0.138. The molecule has 0 saturated heterocycles. The fourth-order valence-corrected chi connectivity index (χ4v) is 4.81. The van der Waals surface area contributed by atoms with E-state index in [1.54, 1.807) is 0 Å². The van der Waals surface area contributed by atoms with Gasteiger partial charge in [0.1, 0.15) is 24.4 Å². The molecule has 0 aromatic rings. The van der Waals surface area contributed by atoms with E-state index in [1.807, 2.05) is 41.5 Å². The summed E-state index contributed by atoms with van der Waals surface area (Å²) in [5, 5.41) is 0. The molecule has 0 heterocycles. The van der Waals surface area contributed by atoms with Gasteiger partial charge in [-0.15, -0.1) is 0 Å². The topological polar surface area (TPSA) is 105 Å². The Bertz CT molecular complexity index is 750. The van der Waals surface area contributed by atoms with Crippen molar-refractivity contribution in [2.75, 3.05) is 13.2 Å². The summed E-state index contributed by atoms with van der Waals surface area (Å²) in [6.45, 7) is 15.6. The fourth-order valence-electron chi connectivity index (χ4n) is 4.81. The molecule has 2 rings (SSSR count). The summed E-state index contributed by atoms with van der Waals surface area (Å²) >= 11 is 0. The summed E-state index contributed by atoms with van der Waals surface area (Å²) in [6, 6.07) is 0. The summed E-state index contributed by atoms with van der Waals surface area (Å²) in [5.41, 5.74) is -1.49. The van der Waals surface area contributed by atoms with Gasteiger partial charge in [0.05, 0.1) is 23.7 Å². The zero-order valence-corrected chi connectivity index (χ0v) is 26.6. The van der Waals surface area contributed by atoms with E-state index in [2.05, 4.69) is 13.8 Å². The van der Waals surface area contributed by atoms with Crippen LogP contribution < -0.4 is 0 Å². The van der Waals surface area contributed by atoms with Gasteiger partial charge in [-0.05, 0) is 105 Å². The third-order valence-corrected chi connectivity index (χ3v) is 8.93. The highest BCUT2D eigenvalue weighted by Crippen LogP contribution is 2.37. The molecule has 2 saturated carbocycles. The predicted octanol–water partition coefficient (Wildman–Crippen LogP) is 9.79. The van der Waals surface area contributed by atoms with Gasteiger partial charge in [0.2, 0.25) is 0 Å². The largest absolute Gasteiger partial charge is 0.465 e. The van der Waals surface area contributed by atoms with E-state index in [0.717, 1.165) is 77.0 Å². The van der Waals surface area contributed by atoms with Crippen LogP contribution in [0.25, 0.3) is 0 Å². The van der Waals surface area contributed by atoms with Gasteiger partial charge in [0.15, 0.2) is 0 Å². The summed E-state index contributed by atoms with van der Waals surface area (Å²) in [5.74, 6) is -1.01. The van der Waals surface area contributed by atoms with Crippen LogP contribution in [-0.2, 0) is 38.1 Å². The van der Waals surface area contributed by atoms with E-state index in [9.17, 15) is 19.2 Å². The molecule has 2 fully saturated rings. The number of carbonyl (C=O) groups excluding carboxylic acids is 4. The molecular formula is C36H72O8. The first-order valence-electron chi connectivity index (χ1n) is 15.5. The SMILES string of the molecule is C.C.C.C.CCC1(OC(=O)CCOC(=O)C(C)(C)CC)CCCC1.CCC1(OC(=O)CCOC(=O)C(C)(C)CC)CCCC1. The smallest absolute Gasteiger partial charge is 0.311 e. The van der Waals surface area contributed by atoms with Crippen LogP contribution in [-0.4, -0.2) is 48.3 Å². The van der Waals surface area contributed by atoms with Crippen LogP contribution in [0.5, 0.6) is 0 Å². The van der Waals surface area contributed by atoms with E-state index in [1.165, 1.54) is 0 Å². The molecule has 0 aromatic heterocycles. The Balaban J connectivity index is -0.000000333. The molecular weight excluding hydrogens is 560 g/mol. The van der Waals surface area contributed by atoms with Crippen molar-refractivity contribution in [3.05, 3.63) is 0 Å². The predicted molar refractivity (Wildman–Crippen MR) is 181 cm³/mol. The number of hydrogen-bond acceptors (Lipinski definition) is 8. The maximum atomic E-state index is 11.9. The number of ether oxygens (including phenoxy) is 4. The molecule has 0 spiro atoms. The molecule has 2 aliphatic carbocycles. The number of rotatable bonds is 14. The number of carbonyl (C=O) groups is 4. The van der Waals surface area contributed by atoms with E-state index in [0.29, 0.717) is 0 Å². The van der Waals surface area contributed by atoms with Gasteiger partial charge in [-0.2, -0.15) is 0 Å². The van der Waals surface area contributed by atoms with Crippen LogP contribution in [0.2, 0.25) is 0 Å². The van der Waals surface area contributed by atoms with Crippen molar-refractivity contribution in [3.63, 3.8) is 0 Å². The summed E-state index contributed by atoms with van der Waals surface area (Å²) < 4.78 is 21.5. The lowest BCUT2D eigenvalue weighted by Gasteiger charge is -2.27. The van der Waals surface area contributed by atoms with Crippen LogP contribution in [0.15, 0.2) is 0 Å². The Kier molecular flexibility index (Phi) is 24.8. The third kappa shape index (κ3) is 15.7. The molecule has 44 heavy (non-hydrogen) atoms. The highest BCUT2D eigenvalue weighted by atomic mass is 16.6. The fraction of sp³-hybridized carbons (Fsp3) is 0.889. The van der Waals surface area contributed by atoms with Gasteiger partial charge in [0.25, 0.3) is 0 Å². The van der Waals surface area contributed by atoms with Crippen molar-refractivity contribution >= 4 is 23.9 Å².